The molecule has 3 rings (SSSR count). The molecule has 7 nitrogen and oxygen atoms in total. The Bertz CT molecular complexity index is 924. The van der Waals surface area contributed by atoms with E-state index in [2.05, 4.69) is 20.9 Å². The molecular weight excluding hydrogens is 411 g/mol. The second-order valence-electron chi connectivity index (χ2n) is 8.11. The number of nitrogens with one attached hydrogen (secondary N) is 3. The first-order chi connectivity index (χ1) is 15.5. The highest BCUT2D eigenvalue weighted by molar-refractivity contribution is 5.92. The smallest absolute Gasteiger partial charge is 0.287 e. The summed E-state index contributed by atoms with van der Waals surface area (Å²) in [5.74, 6) is 1.30. The lowest BCUT2D eigenvalue weighted by Gasteiger charge is -2.19. The number of rotatable bonds is 11. The standard InChI is InChI=1S/C24H33FN4O3/c1-4-26-24(28-12-5-11-27-23(30)22-16(2)10-13-31-22)29-17(3)19-8-9-21(20(25)14-19)32-15-18-6-7-18/h8-10,13-14,17-18H,4-7,11-12,15H2,1-3H3,(H,27,30)(H2,26,28,29). The molecule has 1 aromatic carbocycles. The SMILES string of the molecule is CCNC(=NCCCNC(=O)c1occc1C)NC(C)c1ccc(OCC2CC2)c(F)c1. The van der Waals surface area contributed by atoms with E-state index >= 15 is 0 Å². The molecule has 8 heteroatoms. The average molecular weight is 445 g/mol. The number of nitrogens with zero attached hydrogens (tertiary/aromatic N) is 1. The lowest BCUT2D eigenvalue weighted by atomic mass is 10.1. The summed E-state index contributed by atoms with van der Waals surface area (Å²) in [6.07, 6.45) is 4.52. The van der Waals surface area contributed by atoms with Gasteiger partial charge in [-0.1, -0.05) is 6.07 Å². The number of carbonyl (C=O) groups is 1. The molecule has 1 amide bonds. The minimum atomic E-state index is -0.346. The fourth-order valence-corrected chi connectivity index (χ4v) is 3.16. The number of halogens is 1. The van der Waals surface area contributed by atoms with Gasteiger partial charge in [0.05, 0.1) is 18.9 Å². The zero-order valence-corrected chi connectivity index (χ0v) is 19.0. The van der Waals surface area contributed by atoms with Crippen molar-refractivity contribution in [1.82, 2.24) is 16.0 Å². The van der Waals surface area contributed by atoms with E-state index in [1.807, 2.05) is 26.8 Å². The summed E-state index contributed by atoms with van der Waals surface area (Å²) in [6.45, 7) is 8.08. The second kappa shape index (κ2) is 11.5. The highest BCUT2D eigenvalue weighted by Crippen LogP contribution is 2.30. The first kappa shape index (κ1) is 23.6. The van der Waals surface area contributed by atoms with E-state index in [9.17, 15) is 9.18 Å². The van der Waals surface area contributed by atoms with Crippen LogP contribution >= 0.6 is 0 Å². The van der Waals surface area contributed by atoms with Crippen LogP contribution in [-0.4, -0.2) is 38.1 Å². The van der Waals surface area contributed by atoms with Crippen LogP contribution in [0.15, 0.2) is 39.9 Å². The summed E-state index contributed by atoms with van der Waals surface area (Å²) >= 11 is 0. The van der Waals surface area contributed by atoms with Gasteiger partial charge in [-0.15, -0.1) is 0 Å². The van der Waals surface area contributed by atoms with Gasteiger partial charge in [0.15, 0.2) is 23.3 Å². The van der Waals surface area contributed by atoms with Crippen molar-refractivity contribution in [3.05, 3.63) is 53.2 Å². The Hall–Kier alpha value is -3.03. The molecule has 1 aliphatic rings. The monoisotopic (exact) mass is 444 g/mol. The van der Waals surface area contributed by atoms with Gasteiger partial charge < -0.3 is 25.1 Å². The van der Waals surface area contributed by atoms with Crippen LogP contribution in [0.5, 0.6) is 5.75 Å². The van der Waals surface area contributed by atoms with Crippen molar-refractivity contribution in [3.63, 3.8) is 0 Å². The maximum atomic E-state index is 14.4. The van der Waals surface area contributed by atoms with Gasteiger partial charge in [-0.25, -0.2) is 4.39 Å². The van der Waals surface area contributed by atoms with Gasteiger partial charge in [-0.3, -0.25) is 9.79 Å². The number of aryl methyl sites for hydroxylation is 1. The van der Waals surface area contributed by atoms with E-state index < -0.39 is 0 Å². The lowest BCUT2D eigenvalue weighted by molar-refractivity contribution is 0.0925. The highest BCUT2D eigenvalue weighted by atomic mass is 19.1. The Kier molecular flexibility index (Phi) is 8.53. The summed E-state index contributed by atoms with van der Waals surface area (Å²) in [5, 5.41) is 9.33. The van der Waals surface area contributed by atoms with Crippen molar-refractivity contribution in [3.8, 4) is 5.75 Å². The summed E-state index contributed by atoms with van der Waals surface area (Å²) < 4.78 is 25.2. The van der Waals surface area contributed by atoms with Gasteiger partial charge >= 0.3 is 0 Å². The van der Waals surface area contributed by atoms with Crippen LogP contribution in [0.2, 0.25) is 0 Å². The molecule has 1 aliphatic carbocycles. The fourth-order valence-electron chi connectivity index (χ4n) is 3.16. The number of carbonyl (C=O) groups excluding carboxylic acids is 1. The molecule has 0 spiro atoms. The van der Waals surface area contributed by atoms with E-state index in [1.54, 1.807) is 12.1 Å². The van der Waals surface area contributed by atoms with Crippen LogP contribution in [0.25, 0.3) is 0 Å². The first-order valence-corrected chi connectivity index (χ1v) is 11.3. The molecule has 1 fully saturated rings. The Morgan fingerprint density at radius 1 is 1.31 bits per heavy atom. The third-order valence-corrected chi connectivity index (χ3v) is 5.28. The van der Waals surface area contributed by atoms with Crippen molar-refractivity contribution in [2.45, 2.75) is 46.1 Å². The number of hydrogen-bond acceptors (Lipinski definition) is 4. The number of benzene rings is 1. The topological polar surface area (TPSA) is 87.9 Å². The number of guanidine groups is 1. The summed E-state index contributed by atoms with van der Waals surface area (Å²) in [5.41, 5.74) is 1.63. The Balaban J connectivity index is 1.46. The number of amides is 1. The molecule has 1 heterocycles. The molecule has 0 bridgehead atoms. The zero-order chi connectivity index (χ0) is 22.9. The van der Waals surface area contributed by atoms with Crippen LogP contribution in [0.3, 0.4) is 0 Å². The number of aliphatic imine (C=N–C) groups is 1. The van der Waals surface area contributed by atoms with Gasteiger partial charge in [0.25, 0.3) is 5.91 Å². The molecule has 0 aliphatic heterocycles. The minimum Gasteiger partial charge on any atom is -0.490 e. The van der Waals surface area contributed by atoms with Crippen LogP contribution in [0.4, 0.5) is 4.39 Å². The van der Waals surface area contributed by atoms with Gasteiger partial charge in [0.2, 0.25) is 0 Å². The van der Waals surface area contributed by atoms with Gasteiger partial charge in [-0.05, 0) is 69.7 Å². The van der Waals surface area contributed by atoms with Gasteiger partial charge in [0, 0.05) is 25.2 Å². The molecule has 0 radical (unpaired) electrons. The Morgan fingerprint density at radius 3 is 2.78 bits per heavy atom. The maximum absolute atomic E-state index is 14.4. The quantitative estimate of drug-likeness (QED) is 0.277. The Labute approximate surface area is 188 Å². The first-order valence-electron chi connectivity index (χ1n) is 11.3. The predicted molar refractivity (Wildman–Crippen MR) is 123 cm³/mol. The largest absolute Gasteiger partial charge is 0.490 e. The molecule has 2 aromatic rings. The number of hydrogen-bond donors (Lipinski definition) is 3. The molecule has 1 saturated carbocycles. The maximum Gasteiger partial charge on any atom is 0.287 e. The predicted octanol–water partition coefficient (Wildman–Crippen LogP) is 3.95. The molecule has 0 saturated heterocycles. The Morgan fingerprint density at radius 2 is 2.12 bits per heavy atom. The molecule has 1 unspecified atom stereocenters. The van der Waals surface area contributed by atoms with Crippen molar-refractivity contribution in [2.75, 3.05) is 26.2 Å². The average Bonchev–Trinajstić information content (AvgIpc) is 3.50. The number of ether oxygens (including phenoxy) is 1. The van der Waals surface area contributed by atoms with Crippen molar-refractivity contribution < 1.29 is 18.3 Å². The lowest BCUT2D eigenvalue weighted by Crippen LogP contribution is -2.39. The van der Waals surface area contributed by atoms with Crippen LogP contribution in [0.1, 0.15) is 60.8 Å². The van der Waals surface area contributed by atoms with E-state index in [0.29, 0.717) is 56.0 Å². The van der Waals surface area contributed by atoms with E-state index in [-0.39, 0.29) is 17.8 Å². The van der Waals surface area contributed by atoms with E-state index in [0.717, 1.165) is 11.1 Å². The summed E-state index contributed by atoms with van der Waals surface area (Å²) in [6, 6.07) is 6.70. The van der Waals surface area contributed by atoms with Gasteiger partial charge in [0.1, 0.15) is 0 Å². The normalized spacial score (nSPS) is 14.7. The third-order valence-electron chi connectivity index (χ3n) is 5.28. The molecule has 174 valence electrons. The molecular formula is C24H33FN4O3. The van der Waals surface area contributed by atoms with E-state index in [1.165, 1.54) is 25.2 Å². The van der Waals surface area contributed by atoms with Gasteiger partial charge in [-0.2, -0.15) is 0 Å². The molecule has 1 aromatic heterocycles. The summed E-state index contributed by atoms with van der Waals surface area (Å²) in [4.78, 5) is 16.6. The second-order valence-corrected chi connectivity index (χ2v) is 8.11. The van der Waals surface area contributed by atoms with E-state index in [4.69, 9.17) is 9.15 Å². The van der Waals surface area contributed by atoms with Crippen LogP contribution in [-0.2, 0) is 0 Å². The van der Waals surface area contributed by atoms with Crippen molar-refractivity contribution in [2.24, 2.45) is 10.9 Å². The summed E-state index contributed by atoms with van der Waals surface area (Å²) in [7, 11) is 0. The van der Waals surface area contributed by atoms with Crippen LogP contribution in [0, 0.1) is 18.7 Å². The molecule has 32 heavy (non-hydrogen) atoms. The highest BCUT2D eigenvalue weighted by Gasteiger charge is 2.22. The number of furan rings is 1. The minimum absolute atomic E-state index is 0.138. The third kappa shape index (κ3) is 7.00. The fraction of sp³-hybridized carbons (Fsp3) is 0.500. The molecule has 3 N–H and O–H groups in total. The van der Waals surface area contributed by atoms with Crippen molar-refractivity contribution >= 4 is 11.9 Å². The molecule has 1 atom stereocenters. The van der Waals surface area contributed by atoms with Crippen LogP contribution < -0.4 is 20.7 Å². The van der Waals surface area contributed by atoms with Crippen molar-refractivity contribution in [1.29, 1.82) is 0 Å². The zero-order valence-electron chi connectivity index (χ0n) is 19.0.